The van der Waals surface area contributed by atoms with Gasteiger partial charge < -0.3 is 15.0 Å². The van der Waals surface area contributed by atoms with Crippen molar-refractivity contribution in [3.63, 3.8) is 0 Å². The van der Waals surface area contributed by atoms with E-state index in [0.29, 0.717) is 17.1 Å². The zero-order valence-electron chi connectivity index (χ0n) is 14.5. The molecule has 1 aromatic heterocycles. The maximum atomic E-state index is 12.4. The van der Waals surface area contributed by atoms with Gasteiger partial charge in [0.25, 0.3) is 5.91 Å². The van der Waals surface area contributed by atoms with E-state index in [-0.39, 0.29) is 11.3 Å². The maximum Gasteiger partial charge on any atom is 0.251 e. The molecular formula is C20H21ClN2O2. The van der Waals surface area contributed by atoms with E-state index in [4.69, 9.17) is 16.3 Å². The summed E-state index contributed by atoms with van der Waals surface area (Å²) in [5.74, 6) is 0.681. The Morgan fingerprint density at radius 3 is 2.76 bits per heavy atom. The van der Waals surface area contributed by atoms with Gasteiger partial charge in [0.05, 0.1) is 7.11 Å². The van der Waals surface area contributed by atoms with Crippen molar-refractivity contribution in [3.8, 4) is 5.75 Å². The number of carbonyl (C=O) groups is 1. The number of hydrogen-bond acceptors (Lipinski definition) is 2. The third kappa shape index (κ3) is 3.64. The van der Waals surface area contributed by atoms with Crippen LogP contribution in [0.2, 0.25) is 5.02 Å². The van der Waals surface area contributed by atoms with Crippen LogP contribution in [-0.2, 0) is 5.41 Å². The number of amides is 1. The summed E-state index contributed by atoms with van der Waals surface area (Å²) < 4.78 is 5.33. The lowest BCUT2D eigenvalue weighted by Gasteiger charge is -2.25. The van der Waals surface area contributed by atoms with Crippen LogP contribution in [-0.4, -0.2) is 24.5 Å². The second-order valence-corrected chi connectivity index (χ2v) is 7.13. The molecule has 1 heterocycles. The first-order chi connectivity index (χ1) is 11.9. The number of methoxy groups -OCH3 is 1. The lowest BCUT2D eigenvalue weighted by atomic mass is 9.84. The average Bonchev–Trinajstić information content (AvgIpc) is 3.03. The second-order valence-electron chi connectivity index (χ2n) is 6.69. The summed E-state index contributed by atoms with van der Waals surface area (Å²) in [4.78, 5) is 15.7. The van der Waals surface area contributed by atoms with E-state index in [1.165, 1.54) is 0 Å². The van der Waals surface area contributed by atoms with Gasteiger partial charge in [-0.25, -0.2) is 0 Å². The number of nitrogens with one attached hydrogen (secondary N) is 2. The molecule has 130 valence electrons. The fraction of sp³-hybridized carbons (Fsp3) is 0.250. The topological polar surface area (TPSA) is 54.1 Å². The van der Waals surface area contributed by atoms with Gasteiger partial charge in [-0.3, -0.25) is 4.79 Å². The normalized spacial score (nSPS) is 11.5. The molecule has 0 radical (unpaired) electrons. The van der Waals surface area contributed by atoms with Crippen molar-refractivity contribution in [2.75, 3.05) is 13.7 Å². The molecular weight excluding hydrogens is 336 g/mol. The van der Waals surface area contributed by atoms with Crippen molar-refractivity contribution in [1.29, 1.82) is 0 Å². The van der Waals surface area contributed by atoms with Gasteiger partial charge >= 0.3 is 0 Å². The molecule has 4 nitrogen and oxygen atoms in total. The first-order valence-electron chi connectivity index (χ1n) is 8.10. The van der Waals surface area contributed by atoms with E-state index in [1.807, 2.05) is 24.4 Å². The largest absolute Gasteiger partial charge is 0.497 e. The smallest absolute Gasteiger partial charge is 0.251 e. The molecule has 25 heavy (non-hydrogen) atoms. The number of aromatic amines is 1. The number of halogens is 1. The van der Waals surface area contributed by atoms with Crippen LogP contribution in [0.15, 0.2) is 48.7 Å². The molecule has 0 saturated carbocycles. The van der Waals surface area contributed by atoms with E-state index in [9.17, 15) is 4.79 Å². The van der Waals surface area contributed by atoms with Crippen molar-refractivity contribution in [1.82, 2.24) is 10.3 Å². The molecule has 2 aromatic carbocycles. The summed E-state index contributed by atoms with van der Waals surface area (Å²) in [6, 6.07) is 12.9. The highest BCUT2D eigenvalue weighted by Gasteiger charge is 2.25. The van der Waals surface area contributed by atoms with Crippen LogP contribution in [0, 0.1) is 0 Å². The summed E-state index contributed by atoms with van der Waals surface area (Å²) in [7, 11) is 1.66. The van der Waals surface area contributed by atoms with Crippen LogP contribution < -0.4 is 10.1 Å². The van der Waals surface area contributed by atoms with Crippen LogP contribution in [0.3, 0.4) is 0 Å². The molecule has 2 N–H and O–H groups in total. The number of fused-ring (bicyclic) bond motifs is 1. The second kappa shape index (κ2) is 6.81. The maximum absolute atomic E-state index is 12.4. The van der Waals surface area contributed by atoms with Crippen LogP contribution in [0.25, 0.3) is 10.9 Å². The molecule has 3 rings (SSSR count). The Morgan fingerprint density at radius 2 is 2.04 bits per heavy atom. The predicted octanol–water partition coefficient (Wildman–Crippen LogP) is 4.54. The molecule has 0 saturated heterocycles. The monoisotopic (exact) mass is 356 g/mol. The fourth-order valence-corrected chi connectivity index (χ4v) is 3.11. The third-order valence-corrected chi connectivity index (χ3v) is 4.63. The summed E-state index contributed by atoms with van der Waals surface area (Å²) in [6.07, 6.45) is 2.00. The SMILES string of the molecule is COc1ccc2[nH]cc(C(C)(C)CNC(=O)c3cccc(Cl)c3)c2c1. The molecule has 3 aromatic rings. The van der Waals surface area contributed by atoms with Gasteiger partial charge in [0.1, 0.15) is 5.75 Å². The lowest BCUT2D eigenvalue weighted by Crippen LogP contribution is -2.36. The summed E-state index contributed by atoms with van der Waals surface area (Å²) in [5, 5.41) is 4.66. The van der Waals surface area contributed by atoms with Gasteiger partial charge in [0.15, 0.2) is 0 Å². The van der Waals surface area contributed by atoms with E-state index in [2.05, 4.69) is 24.1 Å². The molecule has 5 heteroatoms. The number of carbonyl (C=O) groups excluding carboxylic acids is 1. The van der Waals surface area contributed by atoms with Gasteiger partial charge in [-0.15, -0.1) is 0 Å². The van der Waals surface area contributed by atoms with Gasteiger partial charge in [-0.2, -0.15) is 0 Å². The van der Waals surface area contributed by atoms with E-state index < -0.39 is 0 Å². The van der Waals surface area contributed by atoms with Crippen molar-refractivity contribution >= 4 is 28.4 Å². The molecule has 0 fully saturated rings. The van der Waals surface area contributed by atoms with Gasteiger partial charge in [-0.1, -0.05) is 31.5 Å². The molecule has 0 aliphatic heterocycles. The summed E-state index contributed by atoms with van der Waals surface area (Å²) in [6.45, 7) is 4.71. The Kier molecular flexibility index (Phi) is 4.73. The summed E-state index contributed by atoms with van der Waals surface area (Å²) >= 11 is 5.96. The van der Waals surface area contributed by atoms with Gasteiger partial charge in [-0.05, 0) is 42.0 Å². The molecule has 1 amide bonds. The molecule has 0 spiro atoms. The van der Waals surface area contributed by atoms with Crippen LogP contribution in [0.5, 0.6) is 5.75 Å². The highest BCUT2D eigenvalue weighted by atomic mass is 35.5. The first-order valence-corrected chi connectivity index (χ1v) is 8.48. The third-order valence-electron chi connectivity index (χ3n) is 4.40. The highest BCUT2D eigenvalue weighted by Crippen LogP contribution is 2.32. The Balaban J connectivity index is 1.81. The Morgan fingerprint density at radius 1 is 1.24 bits per heavy atom. The van der Waals surface area contributed by atoms with Crippen molar-refractivity contribution in [3.05, 3.63) is 64.8 Å². The number of ether oxygens (including phenoxy) is 1. The minimum atomic E-state index is -0.251. The van der Waals surface area contributed by atoms with Crippen LogP contribution >= 0.6 is 11.6 Å². The quantitative estimate of drug-likeness (QED) is 0.705. The highest BCUT2D eigenvalue weighted by molar-refractivity contribution is 6.30. The first kappa shape index (κ1) is 17.4. The van der Waals surface area contributed by atoms with Crippen LogP contribution in [0.1, 0.15) is 29.8 Å². The zero-order chi connectivity index (χ0) is 18.0. The minimum absolute atomic E-state index is 0.131. The number of H-pyrrole nitrogens is 1. The van der Waals surface area contributed by atoms with Crippen LogP contribution in [0.4, 0.5) is 0 Å². The predicted molar refractivity (Wildman–Crippen MR) is 102 cm³/mol. The molecule has 0 atom stereocenters. The summed E-state index contributed by atoms with van der Waals surface area (Å²) in [5.41, 5.74) is 2.49. The Labute approximate surface area is 152 Å². The fourth-order valence-electron chi connectivity index (χ4n) is 2.91. The number of benzene rings is 2. The number of hydrogen-bond donors (Lipinski definition) is 2. The van der Waals surface area contributed by atoms with Gasteiger partial charge in [0, 0.05) is 39.6 Å². The number of aromatic nitrogens is 1. The standard InChI is InChI=1S/C20H21ClN2O2/c1-20(2,12-23-19(24)13-5-4-6-14(21)9-13)17-11-22-18-8-7-15(25-3)10-16(17)18/h4-11,22H,12H2,1-3H3,(H,23,24). The van der Waals surface area contributed by atoms with E-state index in [0.717, 1.165) is 22.2 Å². The molecule has 0 unspecified atom stereocenters. The number of rotatable bonds is 5. The van der Waals surface area contributed by atoms with Crippen molar-refractivity contribution in [2.24, 2.45) is 0 Å². The van der Waals surface area contributed by atoms with E-state index >= 15 is 0 Å². The Hall–Kier alpha value is -2.46. The zero-order valence-corrected chi connectivity index (χ0v) is 15.3. The Bertz CT molecular complexity index is 915. The molecule has 0 aliphatic rings. The minimum Gasteiger partial charge on any atom is -0.497 e. The van der Waals surface area contributed by atoms with Gasteiger partial charge in [0.2, 0.25) is 0 Å². The average molecular weight is 357 g/mol. The van der Waals surface area contributed by atoms with E-state index in [1.54, 1.807) is 31.4 Å². The van der Waals surface area contributed by atoms with Crippen molar-refractivity contribution in [2.45, 2.75) is 19.3 Å². The van der Waals surface area contributed by atoms with Crippen molar-refractivity contribution < 1.29 is 9.53 Å². The molecule has 0 bridgehead atoms. The molecule has 0 aliphatic carbocycles. The lowest BCUT2D eigenvalue weighted by molar-refractivity contribution is 0.0945.